The molecule has 5 nitrogen and oxygen atoms in total. The molecule has 6 heteroatoms. The standard InChI is InChI=1S/C19H31N3O2S/c1-16(18-8-3-2-4-9-18)22-12-10-19(15-22)20-11-13-25(23,24)21-14-17-6-5-7-17/h2-4,8-9,16-17,19-21H,5-7,10-15H2,1H3/t16-,19-/m1/s1. The molecule has 0 spiro atoms. The van der Waals surface area contributed by atoms with E-state index >= 15 is 0 Å². The van der Waals surface area contributed by atoms with Crippen molar-refractivity contribution < 1.29 is 8.42 Å². The van der Waals surface area contributed by atoms with E-state index in [1.807, 2.05) is 6.07 Å². The minimum absolute atomic E-state index is 0.171. The van der Waals surface area contributed by atoms with Gasteiger partial charge < -0.3 is 5.32 Å². The molecule has 2 aliphatic rings. The van der Waals surface area contributed by atoms with Crippen molar-refractivity contribution in [3.8, 4) is 0 Å². The molecule has 1 heterocycles. The van der Waals surface area contributed by atoms with Crippen LogP contribution in [0.15, 0.2) is 30.3 Å². The maximum Gasteiger partial charge on any atom is 0.212 e. The Kier molecular flexibility index (Phi) is 6.49. The molecule has 1 aromatic rings. The lowest BCUT2D eigenvalue weighted by Crippen LogP contribution is -2.40. The van der Waals surface area contributed by atoms with E-state index in [-0.39, 0.29) is 5.75 Å². The summed E-state index contributed by atoms with van der Waals surface area (Å²) in [6.45, 7) is 5.42. The molecule has 1 saturated carbocycles. The summed E-state index contributed by atoms with van der Waals surface area (Å²) in [5.41, 5.74) is 1.34. The first kappa shape index (κ1) is 18.8. The lowest BCUT2D eigenvalue weighted by Gasteiger charge is -2.25. The minimum Gasteiger partial charge on any atom is -0.312 e. The van der Waals surface area contributed by atoms with Crippen LogP contribution in [0.5, 0.6) is 0 Å². The van der Waals surface area contributed by atoms with Crippen LogP contribution in [0.4, 0.5) is 0 Å². The van der Waals surface area contributed by atoms with E-state index < -0.39 is 10.0 Å². The molecule has 2 fully saturated rings. The third kappa shape index (κ3) is 5.51. The molecule has 0 amide bonds. The summed E-state index contributed by atoms with van der Waals surface area (Å²) in [7, 11) is -3.14. The van der Waals surface area contributed by atoms with Crippen molar-refractivity contribution in [2.45, 2.75) is 44.7 Å². The van der Waals surface area contributed by atoms with E-state index in [0.29, 0.717) is 31.1 Å². The Bertz CT molecular complexity index is 631. The van der Waals surface area contributed by atoms with Crippen LogP contribution in [-0.2, 0) is 10.0 Å². The maximum absolute atomic E-state index is 12.0. The monoisotopic (exact) mass is 365 g/mol. The van der Waals surface area contributed by atoms with Crippen molar-refractivity contribution in [2.24, 2.45) is 5.92 Å². The first-order valence-corrected chi connectivity index (χ1v) is 11.2. The Hall–Kier alpha value is -0.950. The number of likely N-dealkylation sites (tertiary alicyclic amines) is 1. The Balaban J connectivity index is 1.36. The van der Waals surface area contributed by atoms with Crippen molar-refractivity contribution in [3.63, 3.8) is 0 Å². The first-order valence-electron chi connectivity index (χ1n) is 9.53. The first-order chi connectivity index (χ1) is 12.0. The van der Waals surface area contributed by atoms with Crippen molar-refractivity contribution in [1.82, 2.24) is 14.9 Å². The Morgan fingerprint density at radius 3 is 2.64 bits per heavy atom. The topological polar surface area (TPSA) is 61.4 Å². The van der Waals surface area contributed by atoms with Gasteiger partial charge in [-0.2, -0.15) is 0 Å². The SMILES string of the molecule is C[C@H](c1ccccc1)N1CC[C@@H](NCCS(=O)(=O)NCC2CCC2)C1. The number of rotatable bonds is 9. The van der Waals surface area contributed by atoms with Crippen LogP contribution in [-0.4, -0.2) is 51.3 Å². The van der Waals surface area contributed by atoms with Gasteiger partial charge in [-0.05, 0) is 37.7 Å². The molecule has 2 atom stereocenters. The van der Waals surface area contributed by atoms with Gasteiger partial charge in [0, 0.05) is 38.3 Å². The Labute approximate surface area is 152 Å². The average Bonchev–Trinajstić information content (AvgIpc) is 3.02. The van der Waals surface area contributed by atoms with Gasteiger partial charge in [0.1, 0.15) is 0 Å². The van der Waals surface area contributed by atoms with Gasteiger partial charge in [-0.25, -0.2) is 13.1 Å². The summed E-state index contributed by atoms with van der Waals surface area (Å²) in [4.78, 5) is 2.47. The number of nitrogens with one attached hydrogen (secondary N) is 2. The highest BCUT2D eigenvalue weighted by Gasteiger charge is 2.27. The molecule has 140 valence electrons. The van der Waals surface area contributed by atoms with E-state index in [4.69, 9.17) is 0 Å². The van der Waals surface area contributed by atoms with Crippen LogP contribution in [0.25, 0.3) is 0 Å². The number of hydrogen-bond donors (Lipinski definition) is 2. The molecule has 1 saturated heterocycles. The summed E-state index contributed by atoms with van der Waals surface area (Å²) in [6, 6.07) is 11.3. The zero-order chi connectivity index (χ0) is 17.7. The average molecular weight is 366 g/mol. The molecule has 2 N–H and O–H groups in total. The Morgan fingerprint density at radius 1 is 1.20 bits per heavy atom. The molecule has 0 bridgehead atoms. The number of benzene rings is 1. The molecular weight excluding hydrogens is 334 g/mol. The second kappa shape index (κ2) is 8.62. The van der Waals surface area contributed by atoms with Gasteiger partial charge >= 0.3 is 0 Å². The van der Waals surface area contributed by atoms with Crippen LogP contribution in [0.1, 0.15) is 44.2 Å². The van der Waals surface area contributed by atoms with Crippen molar-refractivity contribution in [2.75, 3.05) is 31.9 Å². The second-order valence-corrected chi connectivity index (χ2v) is 9.41. The van der Waals surface area contributed by atoms with Crippen LogP contribution in [0.3, 0.4) is 0 Å². The molecule has 0 radical (unpaired) electrons. The summed E-state index contributed by atoms with van der Waals surface area (Å²) in [6.07, 6.45) is 4.65. The fraction of sp³-hybridized carbons (Fsp3) is 0.684. The fourth-order valence-corrected chi connectivity index (χ4v) is 4.68. The lowest BCUT2D eigenvalue weighted by molar-refractivity contribution is 0.256. The van der Waals surface area contributed by atoms with Gasteiger partial charge in [-0.3, -0.25) is 4.90 Å². The van der Waals surface area contributed by atoms with Gasteiger partial charge in [-0.1, -0.05) is 36.8 Å². The second-order valence-electron chi connectivity index (χ2n) is 7.49. The van der Waals surface area contributed by atoms with Gasteiger partial charge in [-0.15, -0.1) is 0 Å². The minimum atomic E-state index is -3.14. The molecule has 1 aliphatic carbocycles. The number of nitrogens with zero attached hydrogens (tertiary/aromatic N) is 1. The quantitative estimate of drug-likeness (QED) is 0.704. The molecule has 25 heavy (non-hydrogen) atoms. The smallest absolute Gasteiger partial charge is 0.212 e. The summed E-state index contributed by atoms with van der Waals surface area (Å²) >= 11 is 0. The van der Waals surface area contributed by atoms with Gasteiger partial charge in [0.15, 0.2) is 0 Å². The van der Waals surface area contributed by atoms with Crippen LogP contribution >= 0.6 is 0 Å². The molecule has 1 aromatic carbocycles. The molecular formula is C19H31N3O2S. The summed E-state index contributed by atoms with van der Waals surface area (Å²) in [5.74, 6) is 0.732. The van der Waals surface area contributed by atoms with E-state index in [2.05, 4.69) is 46.1 Å². The van der Waals surface area contributed by atoms with Crippen LogP contribution in [0.2, 0.25) is 0 Å². The zero-order valence-corrected chi connectivity index (χ0v) is 16.0. The third-order valence-corrected chi connectivity index (χ3v) is 7.02. The lowest BCUT2D eigenvalue weighted by atomic mass is 9.86. The van der Waals surface area contributed by atoms with Crippen LogP contribution in [0, 0.1) is 5.92 Å². The maximum atomic E-state index is 12.0. The van der Waals surface area contributed by atoms with Crippen molar-refractivity contribution >= 4 is 10.0 Å². The van der Waals surface area contributed by atoms with Crippen molar-refractivity contribution in [3.05, 3.63) is 35.9 Å². The van der Waals surface area contributed by atoms with Gasteiger partial charge in [0.05, 0.1) is 5.75 Å². The van der Waals surface area contributed by atoms with E-state index in [1.54, 1.807) is 0 Å². The van der Waals surface area contributed by atoms with E-state index in [9.17, 15) is 8.42 Å². The molecule has 1 aliphatic heterocycles. The van der Waals surface area contributed by atoms with E-state index in [1.165, 1.54) is 12.0 Å². The molecule has 0 unspecified atom stereocenters. The van der Waals surface area contributed by atoms with E-state index in [0.717, 1.165) is 32.4 Å². The highest BCUT2D eigenvalue weighted by Crippen LogP contribution is 2.25. The fourth-order valence-electron chi connectivity index (χ4n) is 3.66. The predicted octanol–water partition coefficient (Wildman–Crippen LogP) is 2.13. The van der Waals surface area contributed by atoms with Gasteiger partial charge in [0.2, 0.25) is 10.0 Å². The number of sulfonamides is 1. The highest BCUT2D eigenvalue weighted by atomic mass is 32.2. The predicted molar refractivity (Wildman–Crippen MR) is 102 cm³/mol. The summed E-state index contributed by atoms with van der Waals surface area (Å²) in [5, 5.41) is 3.43. The van der Waals surface area contributed by atoms with Crippen LogP contribution < -0.4 is 10.0 Å². The van der Waals surface area contributed by atoms with Crippen molar-refractivity contribution in [1.29, 1.82) is 0 Å². The molecule has 3 rings (SSSR count). The molecule has 0 aromatic heterocycles. The Morgan fingerprint density at radius 2 is 1.96 bits per heavy atom. The largest absolute Gasteiger partial charge is 0.312 e. The third-order valence-electron chi connectivity index (χ3n) is 5.67. The summed E-state index contributed by atoms with van der Waals surface area (Å²) < 4.78 is 26.8. The normalized spacial score (nSPS) is 23.5. The van der Waals surface area contributed by atoms with Gasteiger partial charge in [0.25, 0.3) is 0 Å². The number of hydrogen-bond acceptors (Lipinski definition) is 4. The zero-order valence-electron chi connectivity index (χ0n) is 15.2. The highest BCUT2D eigenvalue weighted by molar-refractivity contribution is 7.89.